The molecule has 1 rings (SSSR count). The van der Waals surface area contributed by atoms with Crippen LogP contribution in [0.25, 0.3) is 0 Å². The molecule has 8 heteroatoms. The van der Waals surface area contributed by atoms with Crippen LogP contribution < -0.4 is 4.74 Å². The van der Waals surface area contributed by atoms with Crippen LogP contribution in [0.1, 0.15) is 23.7 Å². The van der Waals surface area contributed by atoms with Gasteiger partial charge >= 0.3 is 18.6 Å². The topological polar surface area (TPSA) is 93.1 Å². The van der Waals surface area contributed by atoms with E-state index in [9.17, 15) is 23.5 Å². The standard InChI is InChI=1S/C13H14F2O6/c1-20-10(16)5-2-7-6-8(21-13(14)15)3-4-9(7)11(17)12(18)19/h3-4,6,11,13,17H,2,5H2,1H3,(H,18,19). The second kappa shape index (κ2) is 7.53. The van der Waals surface area contributed by atoms with Crippen molar-refractivity contribution in [2.45, 2.75) is 25.6 Å². The van der Waals surface area contributed by atoms with Gasteiger partial charge in [-0.25, -0.2) is 4.79 Å². The van der Waals surface area contributed by atoms with Gasteiger partial charge in [-0.3, -0.25) is 4.79 Å². The van der Waals surface area contributed by atoms with Crippen molar-refractivity contribution in [3.8, 4) is 5.75 Å². The van der Waals surface area contributed by atoms with Gasteiger partial charge < -0.3 is 19.7 Å². The molecule has 0 amide bonds. The van der Waals surface area contributed by atoms with E-state index in [1.54, 1.807) is 0 Å². The average Bonchev–Trinajstić information content (AvgIpc) is 2.43. The number of carboxylic acids is 1. The minimum Gasteiger partial charge on any atom is -0.479 e. The van der Waals surface area contributed by atoms with Crippen LogP contribution in [0.2, 0.25) is 0 Å². The molecule has 1 atom stereocenters. The van der Waals surface area contributed by atoms with E-state index in [4.69, 9.17) is 5.11 Å². The third-order valence-electron chi connectivity index (χ3n) is 2.69. The molecule has 0 fully saturated rings. The Hall–Kier alpha value is -2.22. The van der Waals surface area contributed by atoms with Crippen molar-refractivity contribution in [2.75, 3.05) is 7.11 Å². The van der Waals surface area contributed by atoms with E-state index >= 15 is 0 Å². The number of carboxylic acid groups (broad SMARTS) is 1. The number of halogens is 2. The first-order valence-electron chi connectivity index (χ1n) is 5.90. The lowest BCUT2D eigenvalue weighted by Gasteiger charge is -2.14. The summed E-state index contributed by atoms with van der Waals surface area (Å²) in [6.45, 7) is -3.03. The van der Waals surface area contributed by atoms with Crippen molar-refractivity contribution < 1.29 is 38.1 Å². The summed E-state index contributed by atoms with van der Waals surface area (Å²) < 4.78 is 33.0. The number of ether oxygens (including phenoxy) is 2. The fourth-order valence-corrected chi connectivity index (χ4v) is 1.71. The highest BCUT2D eigenvalue weighted by Crippen LogP contribution is 2.26. The maximum absolute atomic E-state index is 12.2. The summed E-state index contributed by atoms with van der Waals surface area (Å²) in [5, 5.41) is 18.4. The number of hydrogen-bond acceptors (Lipinski definition) is 5. The zero-order chi connectivity index (χ0) is 16.0. The summed E-state index contributed by atoms with van der Waals surface area (Å²) >= 11 is 0. The molecule has 0 saturated carbocycles. The number of methoxy groups -OCH3 is 1. The van der Waals surface area contributed by atoms with Crippen LogP contribution in [0.5, 0.6) is 5.75 Å². The third kappa shape index (κ3) is 4.99. The molecule has 0 spiro atoms. The molecule has 0 aliphatic rings. The minimum atomic E-state index is -3.03. The highest BCUT2D eigenvalue weighted by atomic mass is 19.3. The van der Waals surface area contributed by atoms with Crippen LogP contribution in [0.15, 0.2) is 18.2 Å². The van der Waals surface area contributed by atoms with Gasteiger partial charge in [0.1, 0.15) is 5.75 Å². The quantitative estimate of drug-likeness (QED) is 0.742. The van der Waals surface area contributed by atoms with Crippen molar-refractivity contribution in [3.05, 3.63) is 29.3 Å². The Bertz CT molecular complexity index is 517. The van der Waals surface area contributed by atoms with Crippen LogP contribution >= 0.6 is 0 Å². The zero-order valence-electron chi connectivity index (χ0n) is 11.1. The Morgan fingerprint density at radius 2 is 2.00 bits per heavy atom. The maximum Gasteiger partial charge on any atom is 0.387 e. The van der Waals surface area contributed by atoms with Crippen LogP contribution in [-0.4, -0.2) is 35.9 Å². The number of carbonyl (C=O) groups is 2. The van der Waals surface area contributed by atoms with E-state index in [0.29, 0.717) is 0 Å². The molecule has 0 heterocycles. The number of benzene rings is 1. The third-order valence-corrected chi connectivity index (χ3v) is 2.69. The monoisotopic (exact) mass is 304 g/mol. The number of aliphatic hydroxyl groups is 1. The molecule has 21 heavy (non-hydrogen) atoms. The van der Waals surface area contributed by atoms with E-state index in [-0.39, 0.29) is 29.7 Å². The first-order chi connectivity index (χ1) is 9.85. The molecule has 0 aliphatic carbocycles. The van der Waals surface area contributed by atoms with Gasteiger partial charge in [0.2, 0.25) is 0 Å². The largest absolute Gasteiger partial charge is 0.479 e. The molecule has 0 radical (unpaired) electrons. The molecule has 0 aliphatic heterocycles. The molecule has 1 unspecified atom stereocenters. The van der Waals surface area contributed by atoms with Crippen molar-refractivity contribution in [3.63, 3.8) is 0 Å². The van der Waals surface area contributed by atoms with Gasteiger partial charge in [0.15, 0.2) is 6.10 Å². The Balaban J connectivity index is 3.05. The summed E-state index contributed by atoms with van der Waals surface area (Å²) in [7, 11) is 1.19. The molecule has 6 nitrogen and oxygen atoms in total. The zero-order valence-corrected chi connectivity index (χ0v) is 11.1. The highest BCUT2D eigenvalue weighted by Gasteiger charge is 2.21. The Morgan fingerprint density at radius 3 is 2.52 bits per heavy atom. The maximum atomic E-state index is 12.2. The van der Waals surface area contributed by atoms with Gasteiger partial charge in [0, 0.05) is 6.42 Å². The summed E-state index contributed by atoms with van der Waals surface area (Å²) in [5.41, 5.74) is 0.224. The summed E-state index contributed by atoms with van der Waals surface area (Å²) in [5.74, 6) is -2.23. The van der Waals surface area contributed by atoms with Crippen molar-refractivity contribution in [1.29, 1.82) is 0 Å². The van der Waals surface area contributed by atoms with Crippen molar-refractivity contribution in [1.82, 2.24) is 0 Å². The number of alkyl halides is 2. The molecule has 2 N–H and O–H groups in total. The lowest BCUT2D eigenvalue weighted by molar-refractivity contribution is -0.147. The molecule has 0 aromatic heterocycles. The Kier molecular flexibility index (Phi) is 6.04. The van der Waals surface area contributed by atoms with Gasteiger partial charge in [0.05, 0.1) is 7.11 Å². The van der Waals surface area contributed by atoms with E-state index in [0.717, 1.165) is 12.1 Å². The number of rotatable bonds is 7. The lowest BCUT2D eigenvalue weighted by Crippen LogP contribution is -2.14. The number of esters is 1. The van der Waals surface area contributed by atoms with Gasteiger partial charge in [-0.2, -0.15) is 8.78 Å². The van der Waals surface area contributed by atoms with Crippen LogP contribution in [-0.2, 0) is 20.7 Å². The second-order valence-corrected chi connectivity index (χ2v) is 4.06. The molecule has 1 aromatic carbocycles. The Labute approximate surface area is 118 Å². The molecule has 1 aromatic rings. The molecular weight excluding hydrogens is 290 g/mol. The molecule has 116 valence electrons. The first kappa shape index (κ1) is 16.8. The van der Waals surface area contributed by atoms with E-state index in [2.05, 4.69) is 9.47 Å². The summed E-state index contributed by atoms with van der Waals surface area (Å²) in [6.07, 6.45) is -1.89. The molecule has 0 saturated heterocycles. The average molecular weight is 304 g/mol. The highest BCUT2D eigenvalue weighted by molar-refractivity contribution is 5.75. The number of aliphatic carboxylic acids is 1. The van der Waals surface area contributed by atoms with Gasteiger partial charge in [0.25, 0.3) is 0 Å². The first-order valence-corrected chi connectivity index (χ1v) is 5.90. The van der Waals surface area contributed by atoms with Gasteiger partial charge in [-0.05, 0) is 29.7 Å². The van der Waals surface area contributed by atoms with Crippen molar-refractivity contribution in [2.24, 2.45) is 0 Å². The van der Waals surface area contributed by atoms with E-state index in [1.165, 1.54) is 13.2 Å². The number of hydrogen-bond donors (Lipinski definition) is 2. The fourth-order valence-electron chi connectivity index (χ4n) is 1.71. The molecule has 0 bridgehead atoms. The van der Waals surface area contributed by atoms with Crippen LogP contribution in [0.4, 0.5) is 8.78 Å². The lowest BCUT2D eigenvalue weighted by atomic mass is 9.98. The minimum absolute atomic E-state index is 0.00743. The SMILES string of the molecule is COC(=O)CCc1cc(OC(F)F)ccc1C(O)C(=O)O. The van der Waals surface area contributed by atoms with Gasteiger partial charge in [-0.1, -0.05) is 6.07 Å². The van der Waals surface area contributed by atoms with E-state index in [1.807, 2.05) is 0 Å². The number of aliphatic hydroxyl groups excluding tert-OH is 1. The van der Waals surface area contributed by atoms with Crippen LogP contribution in [0, 0.1) is 0 Å². The summed E-state index contributed by atoms with van der Waals surface area (Å²) in [4.78, 5) is 21.9. The summed E-state index contributed by atoms with van der Waals surface area (Å²) in [6, 6.07) is 3.45. The number of aryl methyl sites for hydroxylation is 1. The normalized spacial score (nSPS) is 12.0. The smallest absolute Gasteiger partial charge is 0.387 e. The Morgan fingerprint density at radius 1 is 1.33 bits per heavy atom. The second-order valence-electron chi connectivity index (χ2n) is 4.06. The fraction of sp³-hybridized carbons (Fsp3) is 0.385. The predicted molar refractivity (Wildman–Crippen MR) is 66.0 cm³/mol. The van der Waals surface area contributed by atoms with Crippen LogP contribution in [0.3, 0.4) is 0 Å². The van der Waals surface area contributed by atoms with Gasteiger partial charge in [-0.15, -0.1) is 0 Å². The molecular formula is C13H14F2O6. The van der Waals surface area contributed by atoms with Crippen molar-refractivity contribution >= 4 is 11.9 Å². The number of carbonyl (C=O) groups excluding carboxylic acids is 1. The predicted octanol–water partition coefficient (Wildman–Crippen LogP) is 1.51. The van der Waals surface area contributed by atoms with E-state index < -0.39 is 24.7 Å².